The number of carboxylic acid groups (broad SMARTS) is 1. The molecule has 1 saturated heterocycles. The van der Waals surface area contributed by atoms with Gasteiger partial charge in [0.15, 0.2) is 0 Å². The maximum Gasteiger partial charge on any atom is 0.322 e. The molecule has 112 valence electrons. The molecule has 1 aromatic carbocycles. The number of sulfonamides is 1. The molecule has 8 heteroatoms. The Morgan fingerprint density at radius 1 is 1.48 bits per heavy atom. The molecule has 2 aromatic rings. The molecule has 2 heterocycles. The van der Waals surface area contributed by atoms with Crippen molar-refractivity contribution in [2.45, 2.75) is 30.7 Å². The summed E-state index contributed by atoms with van der Waals surface area (Å²) in [5.41, 5.74) is 1.20. The van der Waals surface area contributed by atoms with Crippen molar-refractivity contribution in [3.8, 4) is 0 Å². The van der Waals surface area contributed by atoms with E-state index in [1.54, 1.807) is 19.2 Å². The molecule has 0 aliphatic carbocycles. The van der Waals surface area contributed by atoms with Gasteiger partial charge in [0.2, 0.25) is 10.0 Å². The number of nitrogens with zero attached hydrogens (tertiary/aromatic N) is 2. The zero-order valence-corrected chi connectivity index (χ0v) is 12.2. The van der Waals surface area contributed by atoms with Gasteiger partial charge in [-0.25, -0.2) is 8.42 Å². The molecular formula is C13H15N3O4S. The molecule has 1 aliphatic rings. The molecule has 0 radical (unpaired) electrons. The Labute approximate surface area is 121 Å². The summed E-state index contributed by atoms with van der Waals surface area (Å²) < 4.78 is 26.7. The molecule has 3 rings (SSSR count). The van der Waals surface area contributed by atoms with E-state index in [1.807, 2.05) is 6.07 Å². The number of rotatable bonds is 3. The fourth-order valence-electron chi connectivity index (χ4n) is 2.77. The van der Waals surface area contributed by atoms with E-state index in [2.05, 4.69) is 10.2 Å². The number of nitrogens with one attached hydrogen (secondary N) is 1. The number of benzene rings is 1. The molecule has 0 saturated carbocycles. The summed E-state index contributed by atoms with van der Waals surface area (Å²) in [6, 6.07) is 2.39. The third-order valence-corrected chi connectivity index (χ3v) is 5.66. The molecule has 7 nitrogen and oxygen atoms in total. The SMILES string of the molecule is Cc1cc(S(=O)(=O)N2CCC[C@H]2C(=O)O)c2[nH]ncc2c1. The van der Waals surface area contributed by atoms with Gasteiger partial charge < -0.3 is 5.11 Å². The fourth-order valence-corrected chi connectivity index (χ4v) is 4.68. The molecular weight excluding hydrogens is 294 g/mol. The minimum atomic E-state index is -3.87. The standard InChI is InChI=1S/C13H15N3O4S/c1-8-5-9-7-14-15-12(9)11(6-8)21(19,20)16-4-2-3-10(16)13(17)18/h5-7,10H,2-4H2,1H3,(H,14,15)(H,17,18)/t10-/m0/s1. The van der Waals surface area contributed by atoms with E-state index in [0.29, 0.717) is 23.7 Å². The van der Waals surface area contributed by atoms with Crippen molar-refractivity contribution >= 4 is 26.9 Å². The highest BCUT2D eigenvalue weighted by atomic mass is 32.2. The van der Waals surface area contributed by atoms with Gasteiger partial charge in [-0.3, -0.25) is 9.89 Å². The van der Waals surface area contributed by atoms with Crippen molar-refractivity contribution in [3.63, 3.8) is 0 Å². The van der Waals surface area contributed by atoms with Crippen LogP contribution in [0.25, 0.3) is 10.9 Å². The average Bonchev–Trinajstić information content (AvgIpc) is 3.05. The first kappa shape index (κ1) is 14.0. The Hall–Kier alpha value is -1.93. The van der Waals surface area contributed by atoms with E-state index in [-0.39, 0.29) is 11.4 Å². The summed E-state index contributed by atoms with van der Waals surface area (Å²) in [6.07, 6.45) is 2.45. The highest BCUT2D eigenvalue weighted by Gasteiger charge is 2.40. The van der Waals surface area contributed by atoms with Crippen LogP contribution in [-0.4, -0.2) is 46.6 Å². The molecule has 1 aromatic heterocycles. The third-order valence-electron chi connectivity index (χ3n) is 3.73. The van der Waals surface area contributed by atoms with Crippen LogP contribution >= 0.6 is 0 Å². The zero-order chi connectivity index (χ0) is 15.2. The van der Waals surface area contributed by atoms with Crippen molar-refractivity contribution < 1.29 is 18.3 Å². The Morgan fingerprint density at radius 3 is 2.95 bits per heavy atom. The second kappa shape index (κ2) is 4.81. The van der Waals surface area contributed by atoms with Gasteiger partial charge in [-0.05, 0) is 37.5 Å². The van der Waals surface area contributed by atoms with Crippen molar-refractivity contribution in [3.05, 3.63) is 23.9 Å². The monoisotopic (exact) mass is 309 g/mol. The molecule has 0 amide bonds. The van der Waals surface area contributed by atoms with E-state index >= 15 is 0 Å². The molecule has 0 unspecified atom stereocenters. The van der Waals surface area contributed by atoms with Crippen LogP contribution in [0.5, 0.6) is 0 Å². The number of carboxylic acids is 1. The van der Waals surface area contributed by atoms with Crippen molar-refractivity contribution in [1.82, 2.24) is 14.5 Å². The summed E-state index contributed by atoms with van der Waals surface area (Å²) in [5, 5.41) is 16.4. The van der Waals surface area contributed by atoms with Gasteiger partial charge in [0.25, 0.3) is 0 Å². The van der Waals surface area contributed by atoms with Crippen molar-refractivity contribution in [2.24, 2.45) is 0 Å². The molecule has 0 bridgehead atoms. The lowest BCUT2D eigenvalue weighted by Gasteiger charge is -2.21. The lowest BCUT2D eigenvalue weighted by atomic mass is 10.2. The molecule has 1 atom stereocenters. The Balaban J connectivity index is 2.16. The summed E-state index contributed by atoms with van der Waals surface area (Å²) in [4.78, 5) is 11.3. The van der Waals surface area contributed by atoms with Crippen LogP contribution in [0.2, 0.25) is 0 Å². The topological polar surface area (TPSA) is 103 Å². The molecule has 1 fully saturated rings. The van der Waals surface area contributed by atoms with Crippen LogP contribution in [0.15, 0.2) is 23.2 Å². The average molecular weight is 309 g/mol. The summed E-state index contributed by atoms with van der Waals surface area (Å²) in [5.74, 6) is -1.11. The van der Waals surface area contributed by atoms with Crippen LogP contribution < -0.4 is 0 Å². The van der Waals surface area contributed by atoms with Gasteiger partial charge in [-0.15, -0.1) is 0 Å². The predicted octanol–water partition coefficient (Wildman–Crippen LogP) is 1.11. The lowest BCUT2D eigenvalue weighted by molar-refractivity contribution is -0.140. The van der Waals surface area contributed by atoms with Crippen molar-refractivity contribution in [1.29, 1.82) is 0 Å². The van der Waals surface area contributed by atoms with E-state index in [0.717, 1.165) is 9.87 Å². The number of aliphatic carboxylic acids is 1. The first-order valence-corrected chi connectivity index (χ1v) is 8.03. The van der Waals surface area contributed by atoms with E-state index in [9.17, 15) is 18.3 Å². The van der Waals surface area contributed by atoms with Crippen molar-refractivity contribution in [2.75, 3.05) is 6.54 Å². The number of aryl methyl sites for hydroxylation is 1. The van der Waals surface area contributed by atoms with Crippen LogP contribution in [0.1, 0.15) is 18.4 Å². The van der Waals surface area contributed by atoms with Crippen LogP contribution in [0, 0.1) is 6.92 Å². The maximum atomic E-state index is 12.8. The summed E-state index contributed by atoms with van der Waals surface area (Å²) in [7, 11) is -3.87. The molecule has 0 spiro atoms. The number of aromatic nitrogens is 2. The number of hydrogen-bond acceptors (Lipinski definition) is 4. The highest BCUT2D eigenvalue weighted by Crippen LogP contribution is 2.30. The smallest absolute Gasteiger partial charge is 0.322 e. The predicted molar refractivity (Wildman–Crippen MR) is 75.4 cm³/mol. The molecule has 2 N–H and O–H groups in total. The summed E-state index contributed by atoms with van der Waals surface area (Å²) >= 11 is 0. The van der Waals surface area contributed by atoms with Gasteiger partial charge in [-0.2, -0.15) is 9.40 Å². The van der Waals surface area contributed by atoms with Crippen LogP contribution in [0.3, 0.4) is 0 Å². The van der Waals surface area contributed by atoms with Gasteiger partial charge in [0, 0.05) is 11.9 Å². The van der Waals surface area contributed by atoms with E-state index < -0.39 is 22.0 Å². The minimum absolute atomic E-state index is 0.0863. The first-order valence-electron chi connectivity index (χ1n) is 6.59. The highest BCUT2D eigenvalue weighted by molar-refractivity contribution is 7.89. The van der Waals surface area contributed by atoms with Crippen LogP contribution in [-0.2, 0) is 14.8 Å². The van der Waals surface area contributed by atoms with E-state index in [4.69, 9.17) is 0 Å². The number of fused-ring (bicyclic) bond motifs is 1. The second-order valence-corrected chi connectivity index (χ2v) is 7.07. The van der Waals surface area contributed by atoms with Gasteiger partial charge in [-0.1, -0.05) is 0 Å². The molecule has 1 aliphatic heterocycles. The number of aromatic amines is 1. The first-order chi connectivity index (χ1) is 9.91. The third kappa shape index (κ3) is 2.20. The van der Waals surface area contributed by atoms with Crippen LogP contribution in [0.4, 0.5) is 0 Å². The Bertz CT molecular complexity index is 812. The fraction of sp³-hybridized carbons (Fsp3) is 0.385. The quantitative estimate of drug-likeness (QED) is 0.884. The summed E-state index contributed by atoms with van der Waals surface area (Å²) in [6.45, 7) is 2.02. The molecule has 21 heavy (non-hydrogen) atoms. The minimum Gasteiger partial charge on any atom is -0.480 e. The second-order valence-electron chi connectivity index (χ2n) is 5.21. The van der Waals surface area contributed by atoms with Gasteiger partial charge in [0.1, 0.15) is 10.9 Å². The Kier molecular flexibility index (Phi) is 3.22. The normalized spacial score (nSPS) is 20.1. The van der Waals surface area contributed by atoms with Gasteiger partial charge >= 0.3 is 5.97 Å². The lowest BCUT2D eigenvalue weighted by Crippen LogP contribution is -2.40. The Morgan fingerprint density at radius 2 is 2.24 bits per heavy atom. The van der Waals surface area contributed by atoms with E-state index in [1.165, 1.54) is 0 Å². The zero-order valence-electron chi connectivity index (χ0n) is 11.4. The maximum absolute atomic E-state index is 12.8. The largest absolute Gasteiger partial charge is 0.480 e. The number of carbonyl (C=O) groups is 1. The van der Waals surface area contributed by atoms with Gasteiger partial charge in [0.05, 0.1) is 11.7 Å². The number of hydrogen-bond donors (Lipinski definition) is 2. The number of H-pyrrole nitrogens is 1.